The molecule has 2 aromatic rings. The monoisotopic (exact) mass is 251 g/mol. The SMILES string of the molecule is Cn1nc(Br)c2cccc(N=C=O)c21. The van der Waals surface area contributed by atoms with Crippen molar-refractivity contribution in [3.8, 4) is 0 Å². The molecule has 0 spiro atoms. The summed E-state index contributed by atoms with van der Waals surface area (Å²) in [5, 5.41) is 5.11. The van der Waals surface area contributed by atoms with E-state index >= 15 is 0 Å². The third kappa shape index (κ3) is 1.27. The molecule has 0 atom stereocenters. The van der Waals surface area contributed by atoms with Gasteiger partial charge in [-0.2, -0.15) is 10.1 Å². The maximum absolute atomic E-state index is 10.2. The molecule has 5 heteroatoms. The summed E-state index contributed by atoms with van der Waals surface area (Å²) in [5.74, 6) is 0. The molecule has 0 fully saturated rings. The number of isocyanates is 1. The summed E-state index contributed by atoms with van der Waals surface area (Å²) in [5.41, 5.74) is 1.40. The lowest BCUT2D eigenvalue weighted by Crippen LogP contribution is -1.89. The van der Waals surface area contributed by atoms with Crippen LogP contribution in [-0.4, -0.2) is 15.9 Å². The van der Waals surface area contributed by atoms with Crippen LogP contribution in [0.5, 0.6) is 0 Å². The first-order chi connectivity index (χ1) is 6.74. The van der Waals surface area contributed by atoms with E-state index in [0.29, 0.717) is 5.69 Å². The second kappa shape index (κ2) is 3.36. The van der Waals surface area contributed by atoms with Crippen LogP contribution in [0.4, 0.5) is 5.69 Å². The molecule has 70 valence electrons. The van der Waals surface area contributed by atoms with Crippen molar-refractivity contribution in [3.63, 3.8) is 0 Å². The van der Waals surface area contributed by atoms with Crippen molar-refractivity contribution in [2.75, 3.05) is 0 Å². The van der Waals surface area contributed by atoms with Crippen molar-refractivity contribution >= 4 is 38.6 Å². The van der Waals surface area contributed by atoms with Gasteiger partial charge in [-0.25, -0.2) is 4.79 Å². The Kier molecular flexibility index (Phi) is 2.19. The van der Waals surface area contributed by atoms with Crippen LogP contribution in [0.1, 0.15) is 0 Å². The summed E-state index contributed by atoms with van der Waals surface area (Å²) in [6.45, 7) is 0. The molecule has 0 saturated carbocycles. The number of hydrogen-bond donors (Lipinski definition) is 0. The number of aromatic nitrogens is 2. The van der Waals surface area contributed by atoms with Gasteiger partial charge in [-0.3, -0.25) is 4.68 Å². The first-order valence-corrected chi connectivity index (χ1v) is 4.72. The zero-order chi connectivity index (χ0) is 10.1. The molecule has 2 rings (SSSR count). The minimum atomic E-state index is 0.582. The van der Waals surface area contributed by atoms with Gasteiger partial charge in [-0.05, 0) is 28.1 Å². The van der Waals surface area contributed by atoms with Crippen molar-refractivity contribution < 1.29 is 4.79 Å². The van der Waals surface area contributed by atoms with Crippen LogP contribution in [0.25, 0.3) is 10.9 Å². The highest BCUT2D eigenvalue weighted by Gasteiger charge is 2.08. The van der Waals surface area contributed by atoms with E-state index in [-0.39, 0.29) is 0 Å². The zero-order valence-electron chi connectivity index (χ0n) is 7.36. The predicted octanol–water partition coefficient (Wildman–Crippen LogP) is 2.30. The molecule has 0 aliphatic heterocycles. The standard InChI is InChI=1S/C9H6BrN3O/c1-13-8-6(9(10)12-13)3-2-4-7(8)11-5-14/h2-4H,1H3. The number of carbonyl (C=O) groups excluding carboxylic acids is 1. The van der Waals surface area contributed by atoms with Gasteiger partial charge in [-0.15, -0.1) is 0 Å². The van der Waals surface area contributed by atoms with Crippen LogP contribution in [-0.2, 0) is 11.8 Å². The Hall–Kier alpha value is -1.45. The van der Waals surface area contributed by atoms with Crippen LogP contribution in [0.15, 0.2) is 27.8 Å². The van der Waals surface area contributed by atoms with E-state index in [0.717, 1.165) is 15.5 Å². The van der Waals surface area contributed by atoms with Crippen LogP contribution in [0.2, 0.25) is 0 Å². The minimum absolute atomic E-state index is 0.582. The fourth-order valence-corrected chi connectivity index (χ4v) is 1.97. The highest BCUT2D eigenvalue weighted by molar-refractivity contribution is 9.10. The summed E-state index contributed by atoms with van der Waals surface area (Å²) in [7, 11) is 1.80. The Morgan fingerprint density at radius 2 is 2.36 bits per heavy atom. The quantitative estimate of drug-likeness (QED) is 0.577. The van der Waals surface area contributed by atoms with Crippen molar-refractivity contribution in [1.82, 2.24) is 9.78 Å². The number of aryl methyl sites for hydroxylation is 1. The first kappa shape index (κ1) is 9.12. The van der Waals surface area contributed by atoms with E-state index in [1.807, 2.05) is 12.1 Å². The maximum atomic E-state index is 10.2. The Morgan fingerprint density at radius 1 is 1.57 bits per heavy atom. The summed E-state index contributed by atoms with van der Waals surface area (Å²) < 4.78 is 2.42. The molecule has 0 amide bonds. The number of aliphatic imine (C=N–C) groups is 1. The summed E-state index contributed by atoms with van der Waals surface area (Å²) >= 11 is 3.33. The fourth-order valence-electron chi connectivity index (χ4n) is 1.41. The topological polar surface area (TPSA) is 47.2 Å². The summed E-state index contributed by atoms with van der Waals surface area (Å²) in [6, 6.07) is 5.49. The molecule has 0 unspecified atom stereocenters. The summed E-state index contributed by atoms with van der Waals surface area (Å²) in [6.07, 6.45) is 1.53. The van der Waals surface area contributed by atoms with Gasteiger partial charge in [0.25, 0.3) is 0 Å². The van der Waals surface area contributed by atoms with Gasteiger partial charge in [0.2, 0.25) is 6.08 Å². The fraction of sp³-hybridized carbons (Fsp3) is 0.111. The number of benzene rings is 1. The lowest BCUT2D eigenvalue weighted by molar-refractivity contribution is 0.565. The third-order valence-electron chi connectivity index (χ3n) is 1.96. The van der Waals surface area contributed by atoms with Gasteiger partial charge in [0, 0.05) is 12.4 Å². The molecule has 0 aliphatic carbocycles. The molecule has 0 aliphatic rings. The molecule has 14 heavy (non-hydrogen) atoms. The van der Waals surface area contributed by atoms with E-state index < -0.39 is 0 Å². The van der Waals surface area contributed by atoms with Gasteiger partial charge in [0.1, 0.15) is 10.3 Å². The van der Waals surface area contributed by atoms with Crippen molar-refractivity contribution in [2.45, 2.75) is 0 Å². The van der Waals surface area contributed by atoms with Crippen LogP contribution in [0.3, 0.4) is 0 Å². The molecule has 0 N–H and O–H groups in total. The van der Waals surface area contributed by atoms with Crippen LogP contribution >= 0.6 is 15.9 Å². The first-order valence-electron chi connectivity index (χ1n) is 3.93. The Labute approximate surface area is 88.4 Å². The Balaban J connectivity index is 2.91. The minimum Gasteiger partial charge on any atom is -0.265 e. The number of halogens is 1. The third-order valence-corrected chi connectivity index (χ3v) is 2.55. The van der Waals surface area contributed by atoms with Gasteiger partial charge < -0.3 is 0 Å². The highest BCUT2D eigenvalue weighted by atomic mass is 79.9. The molecule has 1 heterocycles. The second-order valence-electron chi connectivity index (χ2n) is 2.79. The predicted molar refractivity (Wildman–Crippen MR) is 56.2 cm³/mol. The molecule has 0 radical (unpaired) electrons. The van der Waals surface area contributed by atoms with Crippen molar-refractivity contribution in [2.24, 2.45) is 12.0 Å². The van der Waals surface area contributed by atoms with Crippen molar-refractivity contribution in [3.05, 3.63) is 22.8 Å². The van der Waals surface area contributed by atoms with Crippen LogP contribution in [0, 0.1) is 0 Å². The largest absolute Gasteiger partial charge is 0.265 e. The number of fused-ring (bicyclic) bond motifs is 1. The van der Waals surface area contributed by atoms with Crippen molar-refractivity contribution in [1.29, 1.82) is 0 Å². The zero-order valence-corrected chi connectivity index (χ0v) is 8.95. The van der Waals surface area contributed by atoms with E-state index in [2.05, 4.69) is 26.0 Å². The lowest BCUT2D eigenvalue weighted by Gasteiger charge is -1.96. The van der Waals surface area contributed by atoms with Gasteiger partial charge in [-0.1, -0.05) is 6.07 Å². The van der Waals surface area contributed by atoms with E-state index in [9.17, 15) is 4.79 Å². The van der Waals surface area contributed by atoms with Gasteiger partial charge in [0.05, 0.1) is 5.52 Å². The molecule has 0 saturated heterocycles. The van der Waals surface area contributed by atoms with E-state index in [1.54, 1.807) is 17.8 Å². The van der Waals surface area contributed by atoms with Gasteiger partial charge >= 0.3 is 0 Å². The lowest BCUT2D eigenvalue weighted by atomic mass is 10.2. The summed E-state index contributed by atoms with van der Waals surface area (Å²) in [4.78, 5) is 13.8. The highest BCUT2D eigenvalue weighted by Crippen LogP contribution is 2.29. The number of rotatable bonds is 1. The maximum Gasteiger partial charge on any atom is 0.240 e. The normalized spacial score (nSPS) is 10.1. The van der Waals surface area contributed by atoms with Crippen LogP contribution < -0.4 is 0 Å². The number of hydrogen-bond acceptors (Lipinski definition) is 3. The smallest absolute Gasteiger partial charge is 0.240 e. The molecule has 4 nitrogen and oxygen atoms in total. The number of para-hydroxylation sites is 1. The molecular formula is C9H6BrN3O. The molecule has 0 bridgehead atoms. The second-order valence-corrected chi connectivity index (χ2v) is 3.54. The van der Waals surface area contributed by atoms with E-state index in [1.165, 1.54) is 6.08 Å². The van der Waals surface area contributed by atoms with Gasteiger partial charge in [0.15, 0.2) is 0 Å². The average Bonchev–Trinajstić information content (AvgIpc) is 2.44. The molecule has 1 aromatic carbocycles. The van der Waals surface area contributed by atoms with E-state index in [4.69, 9.17) is 0 Å². The molecule has 1 aromatic heterocycles. The Bertz CT molecular complexity index is 540. The number of nitrogens with zero attached hydrogens (tertiary/aromatic N) is 3. The molecular weight excluding hydrogens is 246 g/mol. The Morgan fingerprint density at radius 3 is 3.07 bits per heavy atom. The average molecular weight is 252 g/mol.